The number of Topliss-reactive ketones (excluding diaryl/α,β-unsaturated/α-hetero) is 1. The maximum Gasteiger partial charge on any atom is 0.258 e. The number of carbonyl (C=O) groups is 1. The lowest BCUT2D eigenvalue weighted by atomic mass is 9.86. The number of H-pyrrole nitrogens is 1. The molecule has 0 radical (unpaired) electrons. The standard InChI is InChI=1S/C30H22ClF3N2O2/c31-22-6-3-19(4-7-22)28-29(35-16-36-30(28)38)21(9-17-10-24(33)14-25(34)11-17)13-26(37)12-20-2-1-18-5-8-23(32)15-27(18)20/h2-8,10-11,14-16,21H,1,9,12-13H2,(H,35,36,38). The van der Waals surface area contributed by atoms with Crippen molar-refractivity contribution in [2.45, 2.75) is 31.6 Å². The van der Waals surface area contributed by atoms with Crippen molar-refractivity contribution in [3.05, 3.63) is 128 Å². The summed E-state index contributed by atoms with van der Waals surface area (Å²) in [6, 6.07) is 14.3. The molecule has 0 spiro atoms. The summed E-state index contributed by atoms with van der Waals surface area (Å²) in [6.45, 7) is 0. The highest BCUT2D eigenvalue weighted by Crippen LogP contribution is 2.34. The third-order valence-corrected chi connectivity index (χ3v) is 6.91. The number of carbonyl (C=O) groups excluding carboxylic acids is 1. The molecule has 3 aromatic carbocycles. The molecule has 0 aliphatic heterocycles. The molecule has 0 fully saturated rings. The number of aromatic nitrogens is 2. The highest BCUT2D eigenvalue weighted by Gasteiger charge is 2.26. The molecule has 1 heterocycles. The van der Waals surface area contributed by atoms with Gasteiger partial charge in [-0.25, -0.2) is 18.2 Å². The minimum Gasteiger partial charge on any atom is -0.313 e. The molecule has 192 valence electrons. The molecule has 1 aliphatic rings. The number of rotatable bonds is 8. The second-order valence-electron chi connectivity index (χ2n) is 9.33. The second-order valence-corrected chi connectivity index (χ2v) is 9.77. The Bertz CT molecular complexity index is 1590. The third kappa shape index (κ3) is 5.63. The lowest BCUT2D eigenvalue weighted by Crippen LogP contribution is -2.19. The normalized spacial score (nSPS) is 13.2. The number of allylic oxidation sites excluding steroid dienone is 2. The van der Waals surface area contributed by atoms with Crippen molar-refractivity contribution in [2.24, 2.45) is 0 Å². The van der Waals surface area contributed by atoms with Crippen molar-refractivity contribution < 1.29 is 18.0 Å². The van der Waals surface area contributed by atoms with E-state index < -0.39 is 23.1 Å². The van der Waals surface area contributed by atoms with Crippen LogP contribution in [0.3, 0.4) is 0 Å². The molecule has 1 atom stereocenters. The van der Waals surface area contributed by atoms with Crippen LogP contribution in [0.2, 0.25) is 5.02 Å². The molecule has 4 aromatic rings. The lowest BCUT2D eigenvalue weighted by molar-refractivity contribution is -0.118. The Balaban J connectivity index is 1.50. The molecule has 38 heavy (non-hydrogen) atoms. The van der Waals surface area contributed by atoms with Crippen molar-refractivity contribution in [3.63, 3.8) is 0 Å². The number of aromatic amines is 1. The number of nitrogens with one attached hydrogen (secondary N) is 1. The quantitative estimate of drug-likeness (QED) is 0.270. The van der Waals surface area contributed by atoms with Gasteiger partial charge < -0.3 is 4.98 Å². The van der Waals surface area contributed by atoms with Gasteiger partial charge in [0.1, 0.15) is 23.2 Å². The van der Waals surface area contributed by atoms with Crippen LogP contribution in [0, 0.1) is 17.5 Å². The van der Waals surface area contributed by atoms with Crippen LogP contribution in [0.25, 0.3) is 16.7 Å². The first-order valence-corrected chi connectivity index (χ1v) is 12.4. The molecule has 4 nitrogen and oxygen atoms in total. The smallest absolute Gasteiger partial charge is 0.258 e. The second kappa shape index (κ2) is 10.8. The number of ketones is 1. The summed E-state index contributed by atoms with van der Waals surface area (Å²) in [7, 11) is 0. The van der Waals surface area contributed by atoms with E-state index in [9.17, 15) is 22.8 Å². The molecule has 0 bridgehead atoms. The van der Waals surface area contributed by atoms with Gasteiger partial charge >= 0.3 is 0 Å². The molecule has 0 amide bonds. The maximum atomic E-state index is 14.0. The SMILES string of the molecule is O=C(CC1=CCc2ccc(F)cc21)CC(Cc1cc(F)cc(F)c1)c1nc[nH]c(=O)c1-c1ccc(Cl)cc1. The minimum absolute atomic E-state index is 0.0445. The highest BCUT2D eigenvalue weighted by molar-refractivity contribution is 6.30. The Morgan fingerprint density at radius 2 is 1.71 bits per heavy atom. The van der Waals surface area contributed by atoms with Crippen LogP contribution in [0.4, 0.5) is 13.2 Å². The molecular weight excluding hydrogens is 513 g/mol. The third-order valence-electron chi connectivity index (χ3n) is 6.65. The first-order chi connectivity index (χ1) is 18.3. The molecule has 0 saturated heterocycles. The van der Waals surface area contributed by atoms with Crippen LogP contribution in [-0.2, 0) is 17.6 Å². The Hall–Kier alpha value is -3.97. The van der Waals surface area contributed by atoms with Gasteiger partial charge in [-0.05, 0) is 77.1 Å². The monoisotopic (exact) mass is 534 g/mol. The summed E-state index contributed by atoms with van der Waals surface area (Å²) < 4.78 is 41.9. The Labute approximate surface area is 221 Å². The minimum atomic E-state index is -0.739. The van der Waals surface area contributed by atoms with Crippen LogP contribution >= 0.6 is 11.6 Å². The van der Waals surface area contributed by atoms with E-state index in [0.717, 1.165) is 17.2 Å². The number of benzene rings is 3. The van der Waals surface area contributed by atoms with Gasteiger partial charge in [-0.1, -0.05) is 35.9 Å². The van der Waals surface area contributed by atoms with E-state index in [-0.39, 0.29) is 36.4 Å². The van der Waals surface area contributed by atoms with E-state index in [2.05, 4.69) is 9.97 Å². The van der Waals surface area contributed by atoms with Crippen LogP contribution in [0.1, 0.15) is 41.1 Å². The van der Waals surface area contributed by atoms with E-state index >= 15 is 0 Å². The predicted octanol–water partition coefficient (Wildman–Crippen LogP) is 6.82. The Morgan fingerprint density at radius 1 is 0.974 bits per heavy atom. The van der Waals surface area contributed by atoms with Crippen molar-refractivity contribution >= 4 is 23.0 Å². The molecular formula is C30H22ClF3N2O2. The highest BCUT2D eigenvalue weighted by atomic mass is 35.5. The summed E-state index contributed by atoms with van der Waals surface area (Å²) in [5.74, 6) is -2.69. The zero-order chi connectivity index (χ0) is 26.8. The van der Waals surface area contributed by atoms with Crippen LogP contribution in [0.5, 0.6) is 0 Å². The van der Waals surface area contributed by atoms with E-state index in [0.29, 0.717) is 33.8 Å². The fourth-order valence-electron chi connectivity index (χ4n) is 4.99. The van der Waals surface area contributed by atoms with E-state index in [1.54, 1.807) is 30.3 Å². The summed E-state index contributed by atoms with van der Waals surface area (Å²) in [5, 5.41) is 0.485. The summed E-state index contributed by atoms with van der Waals surface area (Å²) >= 11 is 6.03. The topological polar surface area (TPSA) is 62.8 Å². The number of hydrogen-bond donors (Lipinski definition) is 1. The van der Waals surface area contributed by atoms with Gasteiger partial charge in [-0.3, -0.25) is 9.59 Å². The number of hydrogen-bond acceptors (Lipinski definition) is 3. The van der Waals surface area contributed by atoms with Gasteiger partial charge in [-0.15, -0.1) is 0 Å². The van der Waals surface area contributed by atoms with Gasteiger partial charge in [0.15, 0.2) is 0 Å². The first-order valence-electron chi connectivity index (χ1n) is 12.0. The van der Waals surface area contributed by atoms with Gasteiger partial charge in [0.25, 0.3) is 5.56 Å². The van der Waals surface area contributed by atoms with E-state index in [4.69, 9.17) is 11.6 Å². The Kier molecular flexibility index (Phi) is 7.29. The zero-order valence-electron chi connectivity index (χ0n) is 20.1. The van der Waals surface area contributed by atoms with Crippen LogP contribution < -0.4 is 5.56 Å². The van der Waals surface area contributed by atoms with Gasteiger partial charge in [0, 0.05) is 29.8 Å². The van der Waals surface area contributed by atoms with Crippen molar-refractivity contribution in [1.82, 2.24) is 9.97 Å². The van der Waals surface area contributed by atoms with Crippen LogP contribution in [0.15, 0.2) is 77.9 Å². The number of nitrogens with zero attached hydrogens (tertiary/aromatic N) is 1. The summed E-state index contributed by atoms with van der Waals surface area (Å²) in [4.78, 5) is 33.3. The number of halogens is 4. The summed E-state index contributed by atoms with van der Waals surface area (Å²) in [6.07, 6.45) is 3.85. The molecule has 1 aliphatic carbocycles. The molecule has 8 heteroatoms. The van der Waals surface area contributed by atoms with E-state index in [1.807, 2.05) is 6.08 Å². The molecule has 1 unspecified atom stereocenters. The molecule has 5 rings (SSSR count). The number of fused-ring (bicyclic) bond motifs is 1. The van der Waals surface area contributed by atoms with Gasteiger partial charge in [0.2, 0.25) is 0 Å². The maximum absolute atomic E-state index is 14.0. The van der Waals surface area contributed by atoms with Crippen molar-refractivity contribution in [3.8, 4) is 11.1 Å². The molecule has 1 N–H and O–H groups in total. The molecule has 1 aromatic heterocycles. The van der Waals surface area contributed by atoms with E-state index in [1.165, 1.54) is 30.6 Å². The van der Waals surface area contributed by atoms with Crippen molar-refractivity contribution in [2.75, 3.05) is 0 Å². The lowest BCUT2D eigenvalue weighted by Gasteiger charge is -2.19. The van der Waals surface area contributed by atoms with Gasteiger partial charge in [0.05, 0.1) is 17.6 Å². The predicted molar refractivity (Wildman–Crippen MR) is 140 cm³/mol. The summed E-state index contributed by atoms with van der Waals surface area (Å²) in [5.41, 5.74) is 3.44. The van der Waals surface area contributed by atoms with Gasteiger partial charge in [-0.2, -0.15) is 0 Å². The fraction of sp³-hybridized carbons (Fsp3) is 0.167. The van der Waals surface area contributed by atoms with Crippen molar-refractivity contribution in [1.29, 1.82) is 0 Å². The molecule has 0 saturated carbocycles. The fourth-order valence-corrected chi connectivity index (χ4v) is 5.12. The largest absolute Gasteiger partial charge is 0.313 e. The Morgan fingerprint density at radius 3 is 2.45 bits per heavy atom. The van der Waals surface area contributed by atoms with Crippen LogP contribution in [-0.4, -0.2) is 15.8 Å². The first kappa shape index (κ1) is 25.7. The zero-order valence-corrected chi connectivity index (χ0v) is 20.9. The average Bonchev–Trinajstić information content (AvgIpc) is 3.25. The average molecular weight is 535 g/mol.